The molecule has 24 heavy (non-hydrogen) atoms. The predicted octanol–water partition coefficient (Wildman–Crippen LogP) is 5.60. The first-order valence-corrected chi connectivity index (χ1v) is 8.62. The number of carbonyl (C=O) groups is 1. The molecule has 0 saturated carbocycles. The van der Waals surface area contributed by atoms with Gasteiger partial charge in [-0.3, -0.25) is 0 Å². The number of aromatic amines is 1. The van der Waals surface area contributed by atoms with Gasteiger partial charge in [0.1, 0.15) is 0 Å². The van der Waals surface area contributed by atoms with E-state index in [4.69, 9.17) is 16.3 Å². The molecule has 3 aromatic rings. The molecule has 0 aliphatic carbocycles. The Hall–Kier alpha value is -1.98. The summed E-state index contributed by atoms with van der Waals surface area (Å²) in [5, 5.41) is 1.60. The molecule has 0 bridgehead atoms. The zero-order valence-electron chi connectivity index (χ0n) is 13.2. The summed E-state index contributed by atoms with van der Waals surface area (Å²) in [6.07, 6.45) is 0. The Morgan fingerprint density at radius 2 is 2.12 bits per heavy atom. The summed E-state index contributed by atoms with van der Waals surface area (Å²) in [7, 11) is 0. The number of hydrogen-bond acceptors (Lipinski definition) is 3. The van der Waals surface area contributed by atoms with E-state index in [2.05, 4.69) is 4.98 Å². The van der Waals surface area contributed by atoms with Crippen molar-refractivity contribution in [2.75, 3.05) is 6.61 Å². The molecule has 0 amide bonds. The second-order valence-corrected chi connectivity index (χ2v) is 6.70. The topological polar surface area (TPSA) is 42.1 Å². The van der Waals surface area contributed by atoms with Crippen LogP contribution in [0.3, 0.4) is 0 Å². The Morgan fingerprint density at radius 1 is 1.33 bits per heavy atom. The van der Waals surface area contributed by atoms with Gasteiger partial charge in [-0.2, -0.15) is 0 Å². The van der Waals surface area contributed by atoms with Gasteiger partial charge >= 0.3 is 5.97 Å². The molecule has 3 rings (SSSR count). The van der Waals surface area contributed by atoms with Crippen LogP contribution in [0, 0.1) is 12.7 Å². The van der Waals surface area contributed by atoms with Crippen LogP contribution in [0.15, 0.2) is 46.2 Å². The number of ether oxygens (including phenoxy) is 1. The first-order chi connectivity index (χ1) is 11.5. The fourth-order valence-electron chi connectivity index (χ4n) is 2.48. The average Bonchev–Trinajstić information content (AvgIpc) is 2.84. The number of H-pyrrole nitrogens is 1. The molecule has 2 aromatic carbocycles. The first kappa shape index (κ1) is 16.9. The van der Waals surface area contributed by atoms with Crippen molar-refractivity contribution in [1.29, 1.82) is 0 Å². The van der Waals surface area contributed by atoms with E-state index in [1.54, 1.807) is 25.1 Å². The zero-order valence-corrected chi connectivity index (χ0v) is 14.7. The SMILES string of the molecule is CCOC(=O)c1cccc(Sc2c(C)[nH]c3cc(Cl)ccc23)c1F. The second kappa shape index (κ2) is 6.87. The predicted molar refractivity (Wildman–Crippen MR) is 94.5 cm³/mol. The Balaban J connectivity index is 2.02. The van der Waals surface area contributed by atoms with Crippen molar-refractivity contribution in [1.82, 2.24) is 4.98 Å². The maximum Gasteiger partial charge on any atom is 0.341 e. The molecule has 1 heterocycles. The smallest absolute Gasteiger partial charge is 0.341 e. The Morgan fingerprint density at radius 3 is 2.88 bits per heavy atom. The van der Waals surface area contributed by atoms with Gasteiger partial charge in [0.2, 0.25) is 0 Å². The molecular formula is C18H15ClFNO2S. The molecule has 6 heteroatoms. The van der Waals surface area contributed by atoms with Crippen molar-refractivity contribution in [3.63, 3.8) is 0 Å². The molecule has 0 aliphatic rings. The van der Waals surface area contributed by atoms with Gasteiger partial charge in [-0.1, -0.05) is 35.5 Å². The first-order valence-electron chi connectivity index (χ1n) is 7.42. The Bertz CT molecular complexity index is 923. The van der Waals surface area contributed by atoms with Crippen LogP contribution in [0.4, 0.5) is 4.39 Å². The molecule has 0 unspecified atom stereocenters. The molecule has 0 atom stereocenters. The Kier molecular flexibility index (Phi) is 4.83. The van der Waals surface area contributed by atoms with Crippen molar-refractivity contribution >= 4 is 40.2 Å². The number of halogens is 2. The van der Waals surface area contributed by atoms with E-state index in [0.29, 0.717) is 9.92 Å². The fourth-order valence-corrected chi connectivity index (χ4v) is 3.71. The number of carbonyl (C=O) groups excluding carboxylic acids is 1. The molecular weight excluding hydrogens is 349 g/mol. The van der Waals surface area contributed by atoms with E-state index in [9.17, 15) is 9.18 Å². The van der Waals surface area contributed by atoms with Crippen LogP contribution < -0.4 is 0 Å². The highest BCUT2D eigenvalue weighted by atomic mass is 35.5. The highest BCUT2D eigenvalue weighted by molar-refractivity contribution is 7.99. The summed E-state index contributed by atoms with van der Waals surface area (Å²) in [6.45, 7) is 3.82. The third-order valence-electron chi connectivity index (χ3n) is 3.56. The minimum absolute atomic E-state index is 0.0533. The van der Waals surface area contributed by atoms with E-state index in [0.717, 1.165) is 21.5 Å². The number of fused-ring (bicyclic) bond motifs is 1. The lowest BCUT2D eigenvalue weighted by atomic mass is 10.2. The van der Waals surface area contributed by atoms with E-state index in [-0.39, 0.29) is 12.2 Å². The minimum atomic E-state index is -0.653. The van der Waals surface area contributed by atoms with Crippen LogP contribution in [-0.2, 0) is 4.74 Å². The van der Waals surface area contributed by atoms with Crippen LogP contribution in [0.2, 0.25) is 5.02 Å². The van der Waals surface area contributed by atoms with Crippen molar-refractivity contribution in [3.05, 3.63) is 58.5 Å². The molecule has 0 fully saturated rings. The summed E-state index contributed by atoms with van der Waals surface area (Å²) in [6, 6.07) is 10.3. The molecule has 0 saturated heterocycles. The maximum atomic E-state index is 14.7. The van der Waals surface area contributed by atoms with E-state index in [1.165, 1.54) is 17.8 Å². The summed E-state index contributed by atoms with van der Waals surface area (Å²) >= 11 is 7.29. The van der Waals surface area contributed by atoms with E-state index >= 15 is 0 Å². The van der Waals surface area contributed by atoms with Gasteiger partial charge in [0.15, 0.2) is 5.82 Å². The third kappa shape index (κ3) is 3.14. The number of esters is 1. The molecule has 0 radical (unpaired) electrons. The Labute approximate surface area is 148 Å². The average molecular weight is 364 g/mol. The summed E-state index contributed by atoms with van der Waals surface area (Å²) in [4.78, 5) is 16.4. The number of hydrogen-bond donors (Lipinski definition) is 1. The van der Waals surface area contributed by atoms with Gasteiger partial charge in [-0.25, -0.2) is 9.18 Å². The maximum absolute atomic E-state index is 14.7. The summed E-state index contributed by atoms with van der Waals surface area (Å²) < 4.78 is 19.6. The second-order valence-electron chi connectivity index (χ2n) is 5.21. The number of nitrogens with one attached hydrogen (secondary N) is 1. The summed E-state index contributed by atoms with van der Waals surface area (Å²) in [5.41, 5.74) is 1.75. The molecule has 0 spiro atoms. The van der Waals surface area contributed by atoms with Crippen molar-refractivity contribution in [2.45, 2.75) is 23.6 Å². The monoisotopic (exact) mass is 363 g/mol. The molecule has 124 valence electrons. The van der Waals surface area contributed by atoms with Crippen LogP contribution >= 0.6 is 23.4 Å². The van der Waals surface area contributed by atoms with Gasteiger partial charge in [0, 0.05) is 31.4 Å². The van der Waals surface area contributed by atoms with Crippen LogP contribution in [-0.4, -0.2) is 17.6 Å². The normalized spacial score (nSPS) is 11.0. The molecule has 0 aliphatic heterocycles. The fraction of sp³-hybridized carbons (Fsp3) is 0.167. The highest BCUT2D eigenvalue weighted by Crippen LogP contribution is 2.38. The van der Waals surface area contributed by atoms with Gasteiger partial charge < -0.3 is 9.72 Å². The number of aromatic nitrogens is 1. The molecule has 1 aromatic heterocycles. The van der Waals surface area contributed by atoms with Crippen molar-refractivity contribution in [3.8, 4) is 0 Å². The van der Waals surface area contributed by atoms with Crippen molar-refractivity contribution < 1.29 is 13.9 Å². The minimum Gasteiger partial charge on any atom is -0.462 e. The van der Waals surface area contributed by atoms with E-state index in [1.807, 2.05) is 19.1 Å². The summed E-state index contributed by atoms with van der Waals surface area (Å²) in [5.74, 6) is -1.22. The van der Waals surface area contributed by atoms with Gasteiger partial charge in [0.05, 0.1) is 12.2 Å². The molecule has 3 nitrogen and oxygen atoms in total. The quantitative estimate of drug-likeness (QED) is 0.614. The largest absolute Gasteiger partial charge is 0.462 e. The zero-order chi connectivity index (χ0) is 17.3. The van der Waals surface area contributed by atoms with E-state index < -0.39 is 11.8 Å². The van der Waals surface area contributed by atoms with Gasteiger partial charge in [-0.15, -0.1) is 0 Å². The number of rotatable bonds is 4. The lowest BCUT2D eigenvalue weighted by molar-refractivity contribution is 0.0520. The van der Waals surface area contributed by atoms with Gasteiger partial charge in [0.25, 0.3) is 0 Å². The lowest BCUT2D eigenvalue weighted by Gasteiger charge is -2.08. The van der Waals surface area contributed by atoms with Gasteiger partial charge in [-0.05, 0) is 38.1 Å². The third-order valence-corrected chi connectivity index (χ3v) is 5.06. The lowest BCUT2D eigenvalue weighted by Crippen LogP contribution is -2.07. The highest BCUT2D eigenvalue weighted by Gasteiger charge is 2.18. The van der Waals surface area contributed by atoms with Crippen LogP contribution in [0.1, 0.15) is 23.0 Å². The van der Waals surface area contributed by atoms with Crippen LogP contribution in [0.5, 0.6) is 0 Å². The van der Waals surface area contributed by atoms with Crippen LogP contribution in [0.25, 0.3) is 10.9 Å². The standard InChI is InChI=1S/C18H15ClFNO2S/c1-3-23-18(22)13-5-4-6-15(16(13)20)24-17-10(2)21-14-9-11(19)7-8-12(14)17/h4-9,21H,3H2,1-2H3. The number of benzene rings is 2. The van der Waals surface area contributed by atoms with Crippen molar-refractivity contribution in [2.24, 2.45) is 0 Å². The molecule has 1 N–H and O–H groups in total. The number of aryl methyl sites for hydroxylation is 1.